The molecule has 0 N–H and O–H groups in total. The third-order valence-corrected chi connectivity index (χ3v) is 3.30. The average molecular weight is 234 g/mol. The normalized spacial score (nSPS) is 10.4. The molecule has 0 rings (SSSR count). The highest BCUT2D eigenvalue weighted by Crippen LogP contribution is 2.12. The molecule has 98 valence electrons. The second kappa shape index (κ2) is 15.6. The minimum Gasteiger partial charge on any atom is -0.0891 e. The Bertz CT molecular complexity index is 163. The lowest BCUT2D eigenvalue weighted by molar-refractivity contribution is 0.542. The molecule has 0 amide bonds. The fourth-order valence-electron chi connectivity index (χ4n) is 2.16. The maximum absolute atomic E-state index is 6.80. The topological polar surface area (TPSA) is 0 Å². The molecule has 0 atom stereocenters. The van der Waals surface area contributed by atoms with Crippen molar-refractivity contribution < 1.29 is 0 Å². The Morgan fingerprint density at radius 1 is 0.588 bits per heavy atom. The molecule has 0 aliphatic carbocycles. The van der Waals surface area contributed by atoms with Crippen LogP contribution >= 0.6 is 0 Å². The van der Waals surface area contributed by atoms with Gasteiger partial charge in [-0.3, -0.25) is 0 Å². The van der Waals surface area contributed by atoms with E-state index in [0.29, 0.717) is 0 Å². The van der Waals surface area contributed by atoms with Crippen LogP contribution in [-0.2, 0) is 0 Å². The van der Waals surface area contributed by atoms with Crippen molar-refractivity contribution in [3.05, 3.63) is 13.3 Å². The van der Waals surface area contributed by atoms with Gasteiger partial charge in [0.2, 0.25) is 0 Å². The van der Waals surface area contributed by atoms with E-state index in [0.717, 1.165) is 19.3 Å². The molecule has 0 aromatic rings. The monoisotopic (exact) mass is 234 g/mol. The van der Waals surface area contributed by atoms with Gasteiger partial charge in [-0.25, -0.2) is 0 Å². The van der Waals surface area contributed by atoms with Crippen LogP contribution in [0.3, 0.4) is 0 Å². The largest absolute Gasteiger partial charge is 0.0891 e. The highest BCUT2D eigenvalue weighted by molar-refractivity contribution is 4.74. The molecular formula is C17H30. The summed E-state index contributed by atoms with van der Waals surface area (Å²) in [5, 5.41) is 0. The highest BCUT2D eigenvalue weighted by atomic mass is 14.0. The third-order valence-electron chi connectivity index (χ3n) is 3.30. The van der Waals surface area contributed by atoms with Crippen molar-refractivity contribution in [3.63, 3.8) is 0 Å². The van der Waals surface area contributed by atoms with E-state index < -0.39 is 0 Å². The Kier molecular flexibility index (Phi) is 15.2. The molecule has 0 heteroatoms. The van der Waals surface area contributed by atoms with Crippen LogP contribution in [0.5, 0.6) is 0 Å². The number of hydrogen-bond donors (Lipinski definition) is 0. The van der Waals surface area contributed by atoms with Crippen LogP contribution in [-0.4, -0.2) is 0 Å². The summed E-state index contributed by atoms with van der Waals surface area (Å²) < 4.78 is 0. The first kappa shape index (κ1) is 16.6. The molecule has 0 spiro atoms. The van der Waals surface area contributed by atoms with Crippen molar-refractivity contribution in [1.29, 1.82) is 0 Å². The second-order valence-corrected chi connectivity index (χ2v) is 5.02. The van der Waals surface area contributed by atoms with Crippen LogP contribution in [0.25, 0.3) is 0 Å². The van der Waals surface area contributed by atoms with Crippen molar-refractivity contribution in [2.45, 2.75) is 89.9 Å². The smallest absolute Gasteiger partial charge is 0.00989 e. The van der Waals surface area contributed by atoms with Gasteiger partial charge >= 0.3 is 0 Å². The van der Waals surface area contributed by atoms with E-state index in [-0.39, 0.29) is 0 Å². The molecule has 0 aliphatic rings. The van der Waals surface area contributed by atoms with E-state index in [1.165, 1.54) is 70.6 Å². The lowest BCUT2D eigenvalue weighted by Crippen LogP contribution is -1.82. The lowest BCUT2D eigenvalue weighted by Gasteiger charge is -2.02. The Morgan fingerprint density at radius 2 is 0.941 bits per heavy atom. The molecule has 2 radical (unpaired) electrons. The summed E-state index contributed by atoms with van der Waals surface area (Å²) in [5.74, 6) is 2.45. The number of rotatable bonds is 13. The number of hydrogen-bond acceptors (Lipinski definition) is 0. The average Bonchev–Trinajstić information content (AvgIpc) is 2.35. The summed E-state index contributed by atoms with van der Waals surface area (Å²) in [4.78, 5) is 0. The molecule has 0 saturated carbocycles. The van der Waals surface area contributed by atoms with Crippen LogP contribution in [0.1, 0.15) is 89.9 Å². The van der Waals surface area contributed by atoms with E-state index in [1.54, 1.807) is 0 Å². The van der Waals surface area contributed by atoms with E-state index in [2.05, 4.69) is 12.8 Å². The molecule has 0 fully saturated rings. The summed E-state index contributed by atoms with van der Waals surface area (Å²) in [6.07, 6.45) is 25.2. The molecule has 0 nitrogen and oxygen atoms in total. The van der Waals surface area contributed by atoms with Crippen LogP contribution in [0.4, 0.5) is 0 Å². The zero-order valence-corrected chi connectivity index (χ0v) is 11.6. The minimum absolute atomic E-state index is 0.854. The van der Waals surface area contributed by atoms with Crippen LogP contribution in [0.15, 0.2) is 0 Å². The van der Waals surface area contributed by atoms with Crippen molar-refractivity contribution in [2.24, 2.45) is 0 Å². The van der Waals surface area contributed by atoms with Crippen LogP contribution in [0, 0.1) is 19.3 Å². The number of unbranched alkanes of at least 4 members (excludes halogenated alkanes) is 13. The Hall–Kier alpha value is -0.440. The molecular weight excluding hydrogens is 204 g/mol. The van der Waals surface area contributed by atoms with E-state index in [1.807, 2.05) is 0 Å². The Balaban J connectivity index is 2.87. The molecule has 0 unspecified atom stereocenters. The van der Waals surface area contributed by atoms with Gasteiger partial charge in [0.25, 0.3) is 0 Å². The van der Waals surface area contributed by atoms with E-state index in [9.17, 15) is 0 Å². The van der Waals surface area contributed by atoms with Gasteiger partial charge in [-0.1, -0.05) is 89.9 Å². The molecule has 0 heterocycles. The maximum Gasteiger partial charge on any atom is 0.00989 e. The molecule has 17 heavy (non-hydrogen) atoms. The SMILES string of the molecule is [C]#CCCCCCCCCCCCCCC[CH2]. The first-order chi connectivity index (χ1) is 8.41. The highest BCUT2D eigenvalue weighted by Gasteiger charge is 1.93. The molecule has 0 aromatic heterocycles. The van der Waals surface area contributed by atoms with Gasteiger partial charge in [0.15, 0.2) is 0 Å². The fraction of sp³-hybridized carbons (Fsp3) is 0.824. The molecule has 0 aromatic carbocycles. The van der Waals surface area contributed by atoms with Gasteiger partial charge in [0.05, 0.1) is 0 Å². The lowest BCUT2D eigenvalue weighted by atomic mass is 10.0. The first-order valence-electron chi connectivity index (χ1n) is 7.60. The Morgan fingerprint density at radius 3 is 1.29 bits per heavy atom. The van der Waals surface area contributed by atoms with Crippen LogP contribution in [0.2, 0.25) is 0 Å². The third kappa shape index (κ3) is 15.6. The standard InChI is InChI=1S/C17H30/c1-3-5-7-9-11-13-15-17-16-14-12-10-8-6-4-2/h1,3,5-17H2. The van der Waals surface area contributed by atoms with Gasteiger partial charge in [0, 0.05) is 6.42 Å². The van der Waals surface area contributed by atoms with Crippen molar-refractivity contribution >= 4 is 0 Å². The summed E-state index contributed by atoms with van der Waals surface area (Å²) in [6.45, 7) is 3.87. The molecule has 0 aliphatic heterocycles. The van der Waals surface area contributed by atoms with Gasteiger partial charge in [-0.15, -0.1) is 0 Å². The summed E-state index contributed by atoms with van der Waals surface area (Å²) in [6, 6.07) is 0. The van der Waals surface area contributed by atoms with E-state index in [4.69, 9.17) is 6.42 Å². The van der Waals surface area contributed by atoms with Gasteiger partial charge in [0.1, 0.15) is 0 Å². The summed E-state index contributed by atoms with van der Waals surface area (Å²) in [5.41, 5.74) is 0. The van der Waals surface area contributed by atoms with Crippen LogP contribution < -0.4 is 0 Å². The predicted octanol–water partition coefficient (Wildman–Crippen LogP) is 5.87. The minimum atomic E-state index is 0.854. The van der Waals surface area contributed by atoms with Gasteiger partial charge in [-0.05, 0) is 12.8 Å². The Labute approximate surface area is 110 Å². The van der Waals surface area contributed by atoms with Crippen molar-refractivity contribution in [3.8, 4) is 5.92 Å². The summed E-state index contributed by atoms with van der Waals surface area (Å²) in [7, 11) is 0. The van der Waals surface area contributed by atoms with E-state index >= 15 is 0 Å². The maximum atomic E-state index is 6.80. The quantitative estimate of drug-likeness (QED) is 0.276. The second-order valence-electron chi connectivity index (χ2n) is 5.02. The molecule has 0 bridgehead atoms. The van der Waals surface area contributed by atoms with Gasteiger partial charge in [-0.2, -0.15) is 0 Å². The molecule has 0 saturated heterocycles. The fourth-order valence-corrected chi connectivity index (χ4v) is 2.16. The van der Waals surface area contributed by atoms with Gasteiger partial charge < -0.3 is 0 Å². The summed E-state index contributed by atoms with van der Waals surface area (Å²) >= 11 is 0. The van der Waals surface area contributed by atoms with Crippen molar-refractivity contribution in [2.75, 3.05) is 0 Å². The zero-order valence-electron chi connectivity index (χ0n) is 11.6. The zero-order chi connectivity index (χ0) is 12.6. The first-order valence-corrected chi connectivity index (χ1v) is 7.60. The predicted molar refractivity (Wildman–Crippen MR) is 77.1 cm³/mol. The van der Waals surface area contributed by atoms with Crippen molar-refractivity contribution in [1.82, 2.24) is 0 Å².